The summed E-state index contributed by atoms with van der Waals surface area (Å²) in [6, 6.07) is 0.367. The van der Waals surface area contributed by atoms with Crippen LogP contribution in [-0.4, -0.2) is 59.5 Å². The molecule has 5 heteroatoms. The van der Waals surface area contributed by atoms with Gasteiger partial charge in [0.2, 0.25) is 5.91 Å². The number of carbonyl (C=O) groups excluding carboxylic acids is 1. The van der Waals surface area contributed by atoms with Crippen molar-refractivity contribution in [1.82, 2.24) is 9.80 Å². The number of aliphatic carboxylic acids is 1. The average molecular weight is 284 g/mol. The molecular formula is C15H28N2O3. The summed E-state index contributed by atoms with van der Waals surface area (Å²) < 4.78 is 0. The molecule has 5 nitrogen and oxygen atoms in total. The lowest BCUT2D eigenvalue weighted by Crippen LogP contribution is -2.45. The molecule has 0 aromatic rings. The predicted octanol–water partition coefficient (Wildman–Crippen LogP) is 1.82. The fraction of sp³-hybridized carbons (Fsp3) is 0.867. The van der Waals surface area contributed by atoms with Gasteiger partial charge in [-0.3, -0.25) is 14.5 Å². The Morgan fingerprint density at radius 3 is 2.35 bits per heavy atom. The van der Waals surface area contributed by atoms with Crippen molar-refractivity contribution in [2.75, 3.05) is 26.7 Å². The summed E-state index contributed by atoms with van der Waals surface area (Å²) >= 11 is 0. The van der Waals surface area contributed by atoms with E-state index in [9.17, 15) is 9.59 Å². The van der Waals surface area contributed by atoms with Gasteiger partial charge in [-0.25, -0.2) is 0 Å². The number of carboxylic acid groups (broad SMARTS) is 1. The Bertz CT molecular complexity index is 327. The van der Waals surface area contributed by atoms with Gasteiger partial charge >= 0.3 is 5.97 Å². The monoisotopic (exact) mass is 284 g/mol. The first-order chi connectivity index (χ1) is 9.45. The van der Waals surface area contributed by atoms with Gasteiger partial charge in [0.15, 0.2) is 0 Å². The number of hydrogen-bond acceptors (Lipinski definition) is 3. The number of rotatable bonds is 7. The molecule has 1 amide bonds. The average Bonchev–Trinajstić information content (AvgIpc) is 2.46. The molecule has 1 unspecified atom stereocenters. The van der Waals surface area contributed by atoms with Crippen LogP contribution in [0.15, 0.2) is 0 Å². The number of nitrogens with zero attached hydrogens (tertiary/aromatic N) is 2. The number of hydrogen-bond donors (Lipinski definition) is 1. The van der Waals surface area contributed by atoms with Gasteiger partial charge in [-0.2, -0.15) is 0 Å². The fourth-order valence-electron chi connectivity index (χ4n) is 2.75. The van der Waals surface area contributed by atoms with Gasteiger partial charge in [0, 0.05) is 19.6 Å². The molecule has 0 spiro atoms. The Morgan fingerprint density at radius 1 is 1.25 bits per heavy atom. The van der Waals surface area contributed by atoms with E-state index in [4.69, 9.17) is 5.11 Å². The van der Waals surface area contributed by atoms with E-state index < -0.39 is 11.9 Å². The van der Waals surface area contributed by atoms with Crippen LogP contribution in [0.25, 0.3) is 0 Å². The topological polar surface area (TPSA) is 60.9 Å². The predicted molar refractivity (Wildman–Crippen MR) is 78.6 cm³/mol. The zero-order valence-electron chi connectivity index (χ0n) is 13.0. The molecule has 1 fully saturated rings. The van der Waals surface area contributed by atoms with Crippen LogP contribution >= 0.6 is 0 Å². The van der Waals surface area contributed by atoms with Crippen LogP contribution in [0.4, 0.5) is 0 Å². The third-order valence-corrected chi connectivity index (χ3v) is 4.28. The maximum Gasteiger partial charge on any atom is 0.307 e. The molecule has 0 aromatic carbocycles. The molecule has 0 bridgehead atoms. The maximum atomic E-state index is 12.3. The molecule has 116 valence electrons. The van der Waals surface area contributed by atoms with Crippen molar-refractivity contribution in [2.45, 2.75) is 52.0 Å². The highest BCUT2D eigenvalue weighted by atomic mass is 16.4. The third-order valence-electron chi connectivity index (χ3n) is 4.28. The van der Waals surface area contributed by atoms with E-state index in [-0.39, 0.29) is 5.91 Å². The van der Waals surface area contributed by atoms with Crippen LogP contribution in [0.3, 0.4) is 0 Å². The highest BCUT2D eigenvalue weighted by Crippen LogP contribution is 2.21. The Balaban J connectivity index is 2.46. The summed E-state index contributed by atoms with van der Waals surface area (Å²) in [6.45, 7) is 5.09. The van der Waals surface area contributed by atoms with E-state index in [1.54, 1.807) is 6.92 Å². The Kier molecular flexibility index (Phi) is 6.99. The van der Waals surface area contributed by atoms with Crippen LogP contribution in [0.2, 0.25) is 0 Å². The summed E-state index contributed by atoms with van der Waals surface area (Å²) in [5.41, 5.74) is 0. The van der Waals surface area contributed by atoms with Gasteiger partial charge in [0.25, 0.3) is 0 Å². The second-order valence-electron chi connectivity index (χ2n) is 5.86. The van der Waals surface area contributed by atoms with Crippen molar-refractivity contribution >= 4 is 11.9 Å². The van der Waals surface area contributed by atoms with E-state index in [2.05, 4.69) is 0 Å². The van der Waals surface area contributed by atoms with Crippen LogP contribution in [0.1, 0.15) is 46.0 Å². The Labute approximate surface area is 121 Å². The fourth-order valence-corrected chi connectivity index (χ4v) is 2.75. The van der Waals surface area contributed by atoms with Crippen LogP contribution in [0, 0.1) is 5.92 Å². The highest BCUT2D eigenvalue weighted by Gasteiger charge is 2.24. The molecule has 0 aromatic heterocycles. The SMILES string of the molecule is CCN(CC(=O)N(C)C1CCCCC1)CC(C)C(=O)O. The third kappa shape index (κ3) is 5.12. The van der Waals surface area contributed by atoms with Gasteiger partial charge in [-0.05, 0) is 19.4 Å². The second kappa shape index (κ2) is 8.25. The molecule has 1 N–H and O–H groups in total. The van der Waals surface area contributed by atoms with Gasteiger partial charge in [0.1, 0.15) is 0 Å². The van der Waals surface area contributed by atoms with Crippen LogP contribution in [0.5, 0.6) is 0 Å². The lowest BCUT2D eigenvalue weighted by Gasteiger charge is -2.33. The molecule has 1 atom stereocenters. The number of carboxylic acids is 1. The Morgan fingerprint density at radius 2 is 1.85 bits per heavy atom. The quantitative estimate of drug-likeness (QED) is 0.774. The minimum atomic E-state index is -0.809. The van der Waals surface area contributed by atoms with Crippen molar-refractivity contribution in [2.24, 2.45) is 5.92 Å². The summed E-state index contributed by atoms with van der Waals surface area (Å²) in [7, 11) is 1.88. The van der Waals surface area contributed by atoms with E-state index in [0.717, 1.165) is 12.8 Å². The van der Waals surface area contributed by atoms with Crippen LogP contribution < -0.4 is 0 Å². The minimum Gasteiger partial charge on any atom is -0.481 e. The van der Waals surface area contributed by atoms with Crippen LogP contribution in [-0.2, 0) is 9.59 Å². The molecular weight excluding hydrogens is 256 g/mol. The van der Waals surface area contributed by atoms with E-state index >= 15 is 0 Å². The van der Waals surface area contributed by atoms with Gasteiger partial charge in [-0.1, -0.05) is 33.1 Å². The number of carbonyl (C=O) groups is 2. The zero-order valence-corrected chi connectivity index (χ0v) is 13.0. The number of likely N-dealkylation sites (N-methyl/N-ethyl adjacent to an activating group) is 2. The van der Waals surface area contributed by atoms with Crippen molar-refractivity contribution in [1.29, 1.82) is 0 Å². The molecule has 0 saturated heterocycles. The molecule has 0 radical (unpaired) electrons. The molecule has 1 saturated carbocycles. The second-order valence-corrected chi connectivity index (χ2v) is 5.86. The first kappa shape index (κ1) is 17.0. The van der Waals surface area contributed by atoms with E-state index in [0.29, 0.717) is 25.7 Å². The largest absolute Gasteiger partial charge is 0.481 e. The summed E-state index contributed by atoms with van der Waals surface area (Å²) in [6.07, 6.45) is 5.88. The lowest BCUT2D eigenvalue weighted by atomic mass is 9.94. The van der Waals surface area contributed by atoms with E-state index in [1.165, 1.54) is 19.3 Å². The standard InChI is InChI=1S/C15H28N2O3/c1-4-17(10-12(2)15(19)20)11-14(18)16(3)13-8-6-5-7-9-13/h12-13H,4-11H2,1-3H3,(H,19,20). The normalized spacial score (nSPS) is 18.0. The summed E-state index contributed by atoms with van der Waals surface area (Å²) in [5, 5.41) is 8.95. The summed E-state index contributed by atoms with van der Waals surface area (Å²) in [5.74, 6) is -1.14. The zero-order chi connectivity index (χ0) is 15.1. The lowest BCUT2D eigenvalue weighted by molar-refractivity contribution is -0.143. The maximum absolute atomic E-state index is 12.3. The number of amides is 1. The molecule has 20 heavy (non-hydrogen) atoms. The minimum absolute atomic E-state index is 0.108. The van der Waals surface area contributed by atoms with Crippen molar-refractivity contribution in [3.05, 3.63) is 0 Å². The molecule has 0 aliphatic heterocycles. The van der Waals surface area contributed by atoms with Gasteiger partial charge in [0.05, 0.1) is 12.5 Å². The molecule has 1 aliphatic carbocycles. The van der Waals surface area contributed by atoms with E-state index in [1.807, 2.05) is 23.8 Å². The molecule has 1 rings (SSSR count). The van der Waals surface area contributed by atoms with Gasteiger partial charge < -0.3 is 10.0 Å². The van der Waals surface area contributed by atoms with Crippen molar-refractivity contribution < 1.29 is 14.7 Å². The first-order valence-electron chi connectivity index (χ1n) is 7.66. The molecule has 1 aliphatic rings. The smallest absolute Gasteiger partial charge is 0.307 e. The van der Waals surface area contributed by atoms with Crippen molar-refractivity contribution in [3.8, 4) is 0 Å². The Hall–Kier alpha value is -1.10. The molecule has 0 heterocycles. The van der Waals surface area contributed by atoms with Crippen molar-refractivity contribution in [3.63, 3.8) is 0 Å². The van der Waals surface area contributed by atoms with Gasteiger partial charge in [-0.15, -0.1) is 0 Å². The highest BCUT2D eigenvalue weighted by molar-refractivity contribution is 5.78. The summed E-state index contributed by atoms with van der Waals surface area (Å²) in [4.78, 5) is 27.0. The first-order valence-corrected chi connectivity index (χ1v) is 7.66.